The third-order valence-corrected chi connectivity index (χ3v) is 5.16. The van der Waals surface area contributed by atoms with Gasteiger partial charge in [-0.25, -0.2) is 9.78 Å². The molecule has 0 radical (unpaired) electrons. The van der Waals surface area contributed by atoms with E-state index in [0.29, 0.717) is 22.6 Å². The zero-order valence-corrected chi connectivity index (χ0v) is 16.3. The van der Waals surface area contributed by atoms with Crippen LogP contribution in [0.3, 0.4) is 0 Å². The predicted molar refractivity (Wildman–Crippen MR) is 116 cm³/mol. The SMILES string of the molecule is Cc1ccc(C(=O)Cn2c(=O)n3nc(-c4ccccc4)nc3c3ccccc32)cc1. The van der Waals surface area contributed by atoms with Crippen molar-refractivity contribution in [2.45, 2.75) is 13.5 Å². The zero-order valence-electron chi connectivity index (χ0n) is 16.3. The van der Waals surface area contributed by atoms with Crippen LogP contribution in [0.1, 0.15) is 15.9 Å². The summed E-state index contributed by atoms with van der Waals surface area (Å²) >= 11 is 0. The number of nitrogens with zero attached hydrogens (tertiary/aromatic N) is 4. The van der Waals surface area contributed by atoms with E-state index in [9.17, 15) is 9.59 Å². The summed E-state index contributed by atoms with van der Waals surface area (Å²) in [4.78, 5) is 30.8. The van der Waals surface area contributed by atoms with Crippen LogP contribution in [-0.2, 0) is 6.54 Å². The third kappa shape index (κ3) is 2.99. The van der Waals surface area contributed by atoms with Gasteiger partial charge in [-0.2, -0.15) is 4.52 Å². The summed E-state index contributed by atoms with van der Waals surface area (Å²) < 4.78 is 2.75. The Morgan fingerprint density at radius 1 is 0.900 bits per heavy atom. The molecule has 0 bridgehead atoms. The lowest BCUT2D eigenvalue weighted by molar-refractivity contribution is 0.0971. The van der Waals surface area contributed by atoms with Crippen LogP contribution in [0.15, 0.2) is 83.7 Å². The third-order valence-electron chi connectivity index (χ3n) is 5.16. The van der Waals surface area contributed by atoms with E-state index < -0.39 is 0 Å². The zero-order chi connectivity index (χ0) is 20.7. The van der Waals surface area contributed by atoms with Gasteiger partial charge in [0.2, 0.25) is 0 Å². The van der Waals surface area contributed by atoms with Gasteiger partial charge >= 0.3 is 5.69 Å². The molecule has 0 aliphatic carbocycles. The number of rotatable bonds is 4. The molecule has 146 valence electrons. The molecule has 3 aromatic carbocycles. The molecule has 0 aliphatic rings. The highest BCUT2D eigenvalue weighted by atomic mass is 16.2. The minimum atomic E-state index is -0.390. The van der Waals surface area contributed by atoms with Crippen LogP contribution < -0.4 is 5.69 Å². The molecule has 0 spiro atoms. The molecule has 2 heterocycles. The van der Waals surface area contributed by atoms with Crippen molar-refractivity contribution >= 4 is 22.3 Å². The van der Waals surface area contributed by atoms with Crippen LogP contribution in [0, 0.1) is 6.92 Å². The highest BCUT2D eigenvalue weighted by Crippen LogP contribution is 2.21. The van der Waals surface area contributed by atoms with Crippen molar-refractivity contribution in [2.75, 3.05) is 0 Å². The van der Waals surface area contributed by atoms with Crippen LogP contribution in [0.4, 0.5) is 0 Å². The topological polar surface area (TPSA) is 69.3 Å². The number of carbonyl (C=O) groups is 1. The van der Waals surface area contributed by atoms with Crippen LogP contribution in [0.25, 0.3) is 27.9 Å². The smallest absolute Gasteiger partial charge is 0.292 e. The lowest BCUT2D eigenvalue weighted by atomic mass is 10.1. The first-order valence-corrected chi connectivity index (χ1v) is 9.65. The molecule has 0 aliphatic heterocycles. The van der Waals surface area contributed by atoms with Gasteiger partial charge in [0.15, 0.2) is 17.3 Å². The number of carbonyl (C=O) groups excluding carboxylic acids is 1. The number of hydrogen-bond donors (Lipinski definition) is 0. The van der Waals surface area contributed by atoms with Gasteiger partial charge in [0, 0.05) is 16.5 Å². The Kier molecular flexibility index (Phi) is 4.25. The van der Waals surface area contributed by atoms with E-state index in [0.717, 1.165) is 16.5 Å². The van der Waals surface area contributed by atoms with Gasteiger partial charge in [-0.1, -0.05) is 72.3 Å². The van der Waals surface area contributed by atoms with Crippen molar-refractivity contribution in [3.05, 3.63) is 100 Å². The lowest BCUT2D eigenvalue weighted by Gasteiger charge is -2.10. The van der Waals surface area contributed by atoms with Crippen molar-refractivity contribution in [1.29, 1.82) is 0 Å². The number of aryl methyl sites for hydroxylation is 1. The summed E-state index contributed by atoms with van der Waals surface area (Å²) in [5, 5.41) is 5.21. The molecule has 5 rings (SSSR count). The quantitative estimate of drug-likeness (QED) is 0.434. The van der Waals surface area contributed by atoms with Gasteiger partial charge in [-0.3, -0.25) is 9.36 Å². The molecule has 2 aromatic heterocycles. The van der Waals surface area contributed by atoms with Gasteiger partial charge in [0.1, 0.15) is 0 Å². The minimum absolute atomic E-state index is 0.0706. The summed E-state index contributed by atoms with van der Waals surface area (Å²) in [6, 6.07) is 24.3. The fourth-order valence-corrected chi connectivity index (χ4v) is 3.57. The second-order valence-electron chi connectivity index (χ2n) is 7.21. The molecule has 0 N–H and O–H groups in total. The molecule has 0 fully saturated rings. The van der Waals surface area contributed by atoms with Gasteiger partial charge in [0.05, 0.1) is 12.1 Å². The largest absolute Gasteiger partial charge is 0.351 e. The van der Waals surface area contributed by atoms with Crippen molar-refractivity contribution in [3.63, 3.8) is 0 Å². The van der Waals surface area contributed by atoms with Crippen molar-refractivity contribution < 1.29 is 4.79 Å². The molecule has 30 heavy (non-hydrogen) atoms. The van der Waals surface area contributed by atoms with Gasteiger partial charge in [-0.05, 0) is 19.1 Å². The molecular formula is C24H18N4O2. The Morgan fingerprint density at radius 3 is 2.37 bits per heavy atom. The predicted octanol–water partition coefficient (Wildman–Crippen LogP) is 3.90. The Bertz CT molecular complexity index is 1450. The molecule has 6 nitrogen and oxygen atoms in total. The summed E-state index contributed by atoms with van der Waals surface area (Å²) in [6.07, 6.45) is 0. The summed E-state index contributed by atoms with van der Waals surface area (Å²) in [7, 11) is 0. The first-order valence-electron chi connectivity index (χ1n) is 9.65. The number of para-hydroxylation sites is 1. The maximum absolute atomic E-state index is 13.3. The van der Waals surface area contributed by atoms with Crippen LogP contribution in [0.2, 0.25) is 0 Å². The van der Waals surface area contributed by atoms with Gasteiger partial charge in [0.25, 0.3) is 0 Å². The molecule has 0 saturated carbocycles. The molecule has 0 unspecified atom stereocenters. The van der Waals surface area contributed by atoms with Crippen LogP contribution >= 0.6 is 0 Å². The van der Waals surface area contributed by atoms with E-state index in [-0.39, 0.29) is 18.0 Å². The Morgan fingerprint density at radius 2 is 1.60 bits per heavy atom. The first-order chi connectivity index (χ1) is 14.6. The average molecular weight is 394 g/mol. The maximum atomic E-state index is 13.3. The normalized spacial score (nSPS) is 11.2. The minimum Gasteiger partial charge on any atom is -0.292 e. The maximum Gasteiger partial charge on any atom is 0.351 e. The Hall–Kier alpha value is -4.06. The van der Waals surface area contributed by atoms with E-state index in [4.69, 9.17) is 0 Å². The number of hydrogen-bond acceptors (Lipinski definition) is 4. The second-order valence-corrected chi connectivity index (χ2v) is 7.21. The van der Waals surface area contributed by atoms with E-state index in [2.05, 4.69) is 10.1 Å². The number of fused-ring (bicyclic) bond motifs is 3. The first kappa shape index (κ1) is 18.0. The number of Topliss-reactive ketones (excluding diaryl/α,β-unsaturated/α-hetero) is 1. The van der Waals surface area contributed by atoms with E-state index in [1.165, 1.54) is 9.08 Å². The highest BCUT2D eigenvalue weighted by Gasteiger charge is 2.17. The summed E-state index contributed by atoms with van der Waals surface area (Å²) in [6.45, 7) is 1.90. The second kappa shape index (κ2) is 7.08. The molecule has 0 saturated heterocycles. The molecule has 0 atom stereocenters. The highest BCUT2D eigenvalue weighted by molar-refractivity contribution is 5.98. The van der Waals surface area contributed by atoms with E-state index >= 15 is 0 Å². The van der Waals surface area contributed by atoms with E-state index in [1.807, 2.05) is 73.7 Å². The van der Waals surface area contributed by atoms with Gasteiger partial charge in [-0.15, -0.1) is 5.10 Å². The standard InChI is InChI=1S/C24H18N4O2/c1-16-11-13-17(14-12-16)21(29)15-27-20-10-6-5-9-19(20)23-25-22(26-28(23)24(27)30)18-7-3-2-4-8-18/h2-14H,15H2,1H3. The molecule has 0 amide bonds. The lowest BCUT2D eigenvalue weighted by Crippen LogP contribution is -2.30. The summed E-state index contributed by atoms with van der Waals surface area (Å²) in [5.41, 5.74) is 3.22. The number of benzene rings is 3. The fraction of sp³-hybridized carbons (Fsp3) is 0.0833. The number of ketones is 1. The monoisotopic (exact) mass is 394 g/mol. The fourth-order valence-electron chi connectivity index (χ4n) is 3.57. The molecular weight excluding hydrogens is 376 g/mol. The summed E-state index contributed by atoms with van der Waals surface area (Å²) in [5.74, 6) is 0.338. The van der Waals surface area contributed by atoms with Crippen molar-refractivity contribution in [2.24, 2.45) is 0 Å². The van der Waals surface area contributed by atoms with Crippen molar-refractivity contribution in [1.82, 2.24) is 19.2 Å². The Balaban J connectivity index is 1.69. The van der Waals surface area contributed by atoms with Crippen molar-refractivity contribution in [3.8, 4) is 11.4 Å². The average Bonchev–Trinajstić information content (AvgIpc) is 3.24. The van der Waals surface area contributed by atoms with E-state index in [1.54, 1.807) is 12.1 Å². The molecule has 6 heteroatoms. The van der Waals surface area contributed by atoms with Crippen LogP contribution in [-0.4, -0.2) is 24.9 Å². The van der Waals surface area contributed by atoms with Crippen LogP contribution in [0.5, 0.6) is 0 Å². The Labute approximate surface area is 172 Å². The number of aromatic nitrogens is 4. The van der Waals surface area contributed by atoms with Gasteiger partial charge < -0.3 is 0 Å². The molecule has 5 aromatic rings.